The van der Waals surface area contributed by atoms with E-state index in [1.165, 1.54) is 12.1 Å². The molecule has 3 nitrogen and oxygen atoms in total. The molecule has 0 saturated carbocycles. The number of aromatic nitrogens is 2. The van der Waals surface area contributed by atoms with Crippen LogP contribution >= 0.6 is 0 Å². The molecule has 84 valence electrons. The predicted octanol–water partition coefficient (Wildman–Crippen LogP) is 2.34. The van der Waals surface area contributed by atoms with Gasteiger partial charge in [-0.3, -0.25) is 0 Å². The van der Waals surface area contributed by atoms with Gasteiger partial charge in [-0.2, -0.15) is 5.10 Å². The minimum Gasteiger partial charge on any atom is -0.324 e. The fourth-order valence-electron chi connectivity index (χ4n) is 1.64. The van der Waals surface area contributed by atoms with Crippen molar-refractivity contribution in [2.24, 2.45) is 5.73 Å². The van der Waals surface area contributed by atoms with E-state index in [0.29, 0.717) is 0 Å². The molecule has 2 rings (SSSR count). The zero-order chi connectivity index (χ0) is 11.7. The Morgan fingerprint density at radius 3 is 2.75 bits per heavy atom. The predicted molar refractivity (Wildman–Crippen MR) is 60.9 cm³/mol. The van der Waals surface area contributed by atoms with Crippen molar-refractivity contribution < 1.29 is 4.39 Å². The van der Waals surface area contributed by atoms with E-state index in [9.17, 15) is 4.39 Å². The Morgan fingerprint density at radius 1 is 1.44 bits per heavy atom. The molecule has 4 heteroatoms. The van der Waals surface area contributed by atoms with E-state index in [1.54, 1.807) is 16.9 Å². The van der Waals surface area contributed by atoms with Crippen molar-refractivity contribution >= 4 is 0 Å². The van der Waals surface area contributed by atoms with E-state index >= 15 is 0 Å². The second-order valence-corrected chi connectivity index (χ2v) is 3.95. The number of aryl methyl sites for hydroxylation is 1. The lowest BCUT2D eigenvalue weighted by Crippen LogP contribution is -2.10. The zero-order valence-electron chi connectivity index (χ0n) is 9.31. The van der Waals surface area contributed by atoms with Crippen molar-refractivity contribution in [2.45, 2.75) is 19.9 Å². The van der Waals surface area contributed by atoms with Crippen molar-refractivity contribution in [3.63, 3.8) is 0 Å². The topological polar surface area (TPSA) is 43.8 Å². The van der Waals surface area contributed by atoms with Crippen LogP contribution in [-0.4, -0.2) is 9.78 Å². The molecule has 0 radical (unpaired) electrons. The van der Waals surface area contributed by atoms with Gasteiger partial charge in [-0.25, -0.2) is 9.07 Å². The molecule has 1 unspecified atom stereocenters. The zero-order valence-corrected chi connectivity index (χ0v) is 9.31. The summed E-state index contributed by atoms with van der Waals surface area (Å²) in [6, 6.07) is 4.34. The van der Waals surface area contributed by atoms with Crippen molar-refractivity contribution in [3.8, 4) is 5.69 Å². The Kier molecular flexibility index (Phi) is 2.75. The number of rotatable bonds is 2. The Morgan fingerprint density at radius 2 is 2.19 bits per heavy atom. The van der Waals surface area contributed by atoms with E-state index in [4.69, 9.17) is 5.73 Å². The van der Waals surface area contributed by atoms with Gasteiger partial charge >= 0.3 is 0 Å². The average Bonchev–Trinajstić information content (AvgIpc) is 2.64. The molecule has 0 bridgehead atoms. The summed E-state index contributed by atoms with van der Waals surface area (Å²) in [6.07, 6.45) is 3.65. The molecule has 0 aliphatic rings. The van der Waals surface area contributed by atoms with Crippen LogP contribution in [0.5, 0.6) is 0 Å². The van der Waals surface area contributed by atoms with E-state index in [0.717, 1.165) is 16.8 Å². The van der Waals surface area contributed by atoms with Crippen molar-refractivity contribution in [3.05, 3.63) is 47.5 Å². The van der Waals surface area contributed by atoms with Gasteiger partial charge in [-0.05, 0) is 43.2 Å². The number of hydrogen-bond acceptors (Lipinski definition) is 2. The highest BCUT2D eigenvalue weighted by atomic mass is 19.1. The maximum Gasteiger partial charge on any atom is 0.123 e. The number of benzene rings is 1. The molecule has 1 atom stereocenters. The second kappa shape index (κ2) is 4.06. The van der Waals surface area contributed by atoms with Gasteiger partial charge in [-0.15, -0.1) is 0 Å². The smallest absolute Gasteiger partial charge is 0.123 e. The normalized spacial score (nSPS) is 12.8. The molecule has 0 amide bonds. The molecule has 1 aromatic heterocycles. The third-order valence-corrected chi connectivity index (χ3v) is 2.44. The maximum absolute atomic E-state index is 13.1. The maximum atomic E-state index is 13.1. The Bertz CT molecular complexity index is 503. The molecule has 1 heterocycles. The van der Waals surface area contributed by atoms with E-state index in [-0.39, 0.29) is 11.9 Å². The van der Waals surface area contributed by atoms with Crippen LogP contribution < -0.4 is 5.73 Å². The molecule has 2 N–H and O–H groups in total. The average molecular weight is 219 g/mol. The van der Waals surface area contributed by atoms with Crippen molar-refractivity contribution in [2.75, 3.05) is 0 Å². The summed E-state index contributed by atoms with van der Waals surface area (Å²) in [5.41, 5.74) is 8.45. The van der Waals surface area contributed by atoms with Crippen LogP contribution in [0.1, 0.15) is 24.1 Å². The lowest BCUT2D eigenvalue weighted by Gasteiger charge is -2.12. The standard InChI is InChI=1S/C12H14FN3/c1-8-6-15-16(7-8)12-4-3-10(13)5-11(12)9(2)14/h3-7,9H,14H2,1-2H3. The van der Waals surface area contributed by atoms with Gasteiger partial charge in [0, 0.05) is 12.2 Å². The van der Waals surface area contributed by atoms with Gasteiger partial charge in [0.15, 0.2) is 0 Å². The highest BCUT2D eigenvalue weighted by molar-refractivity contribution is 5.42. The molecule has 16 heavy (non-hydrogen) atoms. The first kappa shape index (κ1) is 10.8. The molecular weight excluding hydrogens is 205 g/mol. The fraction of sp³-hybridized carbons (Fsp3) is 0.250. The minimum atomic E-state index is -0.278. The van der Waals surface area contributed by atoms with Crippen LogP contribution in [0.4, 0.5) is 4.39 Å². The summed E-state index contributed by atoms with van der Waals surface area (Å²) < 4.78 is 14.9. The van der Waals surface area contributed by atoms with Gasteiger partial charge in [-0.1, -0.05) is 0 Å². The second-order valence-electron chi connectivity index (χ2n) is 3.95. The van der Waals surface area contributed by atoms with E-state index in [1.807, 2.05) is 20.0 Å². The first-order valence-electron chi connectivity index (χ1n) is 5.14. The van der Waals surface area contributed by atoms with Crippen LogP contribution in [0, 0.1) is 12.7 Å². The van der Waals surface area contributed by atoms with Gasteiger partial charge in [0.05, 0.1) is 11.9 Å². The number of nitrogens with two attached hydrogens (primary N) is 1. The van der Waals surface area contributed by atoms with Crippen LogP contribution in [0.3, 0.4) is 0 Å². The third kappa shape index (κ3) is 1.97. The molecule has 0 aliphatic heterocycles. The van der Waals surface area contributed by atoms with Gasteiger partial charge in [0.25, 0.3) is 0 Å². The molecular formula is C12H14FN3. The van der Waals surface area contributed by atoms with Crippen LogP contribution in [0.2, 0.25) is 0 Å². The van der Waals surface area contributed by atoms with Crippen LogP contribution in [0.15, 0.2) is 30.6 Å². The summed E-state index contributed by atoms with van der Waals surface area (Å²) in [7, 11) is 0. The SMILES string of the molecule is Cc1cnn(-c2ccc(F)cc2C(C)N)c1. The largest absolute Gasteiger partial charge is 0.324 e. The Balaban J connectivity index is 2.56. The molecule has 1 aromatic carbocycles. The lowest BCUT2D eigenvalue weighted by molar-refractivity contribution is 0.620. The number of nitrogens with zero attached hydrogens (tertiary/aromatic N) is 2. The van der Waals surface area contributed by atoms with Gasteiger partial charge in [0.2, 0.25) is 0 Å². The molecule has 2 aromatic rings. The quantitative estimate of drug-likeness (QED) is 0.842. The summed E-state index contributed by atoms with van der Waals surface area (Å²) in [4.78, 5) is 0. The molecule has 0 fully saturated rings. The summed E-state index contributed by atoms with van der Waals surface area (Å²) in [6.45, 7) is 3.78. The minimum absolute atomic E-state index is 0.227. The molecule has 0 aliphatic carbocycles. The fourth-order valence-corrected chi connectivity index (χ4v) is 1.64. The highest BCUT2D eigenvalue weighted by Crippen LogP contribution is 2.21. The number of hydrogen-bond donors (Lipinski definition) is 1. The summed E-state index contributed by atoms with van der Waals surface area (Å²) >= 11 is 0. The van der Waals surface area contributed by atoms with Crippen LogP contribution in [-0.2, 0) is 0 Å². The molecule has 0 saturated heterocycles. The summed E-state index contributed by atoms with van der Waals surface area (Å²) in [5, 5.41) is 4.20. The monoisotopic (exact) mass is 219 g/mol. The third-order valence-electron chi connectivity index (χ3n) is 2.44. The first-order chi connectivity index (χ1) is 7.58. The summed E-state index contributed by atoms with van der Waals surface area (Å²) in [5.74, 6) is -0.278. The number of halogens is 1. The van der Waals surface area contributed by atoms with Gasteiger partial charge < -0.3 is 5.73 Å². The molecule has 0 spiro atoms. The first-order valence-corrected chi connectivity index (χ1v) is 5.14. The Hall–Kier alpha value is -1.68. The van der Waals surface area contributed by atoms with Crippen molar-refractivity contribution in [1.82, 2.24) is 9.78 Å². The van der Waals surface area contributed by atoms with E-state index < -0.39 is 0 Å². The van der Waals surface area contributed by atoms with Gasteiger partial charge in [0.1, 0.15) is 5.82 Å². The van der Waals surface area contributed by atoms with E-state index in [2.05, 4.69) is 5.10 Å². The Labute approximate surface area is 93.7 Å². The van der Waals surface area contributed by atoms with Crippen LogP contribution in [0.25, 0.3) is 5.69 Å². The lowest BCUT2D eigenvalue weighted by atomic mass is 10.1. The highest BCUT2D eigenvalue weighted by Gasteiger charge is 2.10. The van der Waals surface area contributed by atoms with Crippen molar-refractivity contribution in [1.29, 1.82) is 0 Å².